The predicted octanol–water partition coefficient (Wildman–Crippen LogP) is 3.95. The fourth-order valence-electron chi connectivity index (χ4n) is 3.89. The molecule has 3 rings (SSSR count). The third kappa shape index (κ3) is 5.03. The number of alkyl halides is 3. The van der Waals surface area contributed by atoms with E-state index in [-0.39, 0.29) is 17.0 Å². The van der Waals surface area contributed by atoms with Gasteiger partial charge in [0.15, 0.2) is 0 Å². The summed E-state index contributed by atoms with van der Waals surface area (Å²) in [7, 11) is 0. The number of hydrogen-bond donors (Lipinski definition) is 1. The minimum absolute atomic E-state index is 0.136. The first-order valence-corrected chi connectivity index (χ1v) is 10.4. The number of carbonyl (C=O) groups excluding carboxylic acids is 2. The van der Waals surface area contributed by atoms with Gasteiger partial charge in [-0.05, 0) is 30.9 Å². The molecule has 170 valence electrons. The van der Waals surface area contributed by atoms with Gasteiger partial charge in [0.2, 0.25) is 0 Å². The summed E-state index contributed by atoms with van der Waals surface area (Å²) in [5.74, 6) is -0.0556. The van der Waals surface area contributed by atoms with E-state index in [2.05, 4.69) is 5.32 Å². The summed E-state index contributed by atoms with van der Waals surface area (Å²) >= 11 is 0. The fourth-order valence-corrected chi connectivity index (χ4v) is 3.89. The van der Waals surface area contributed by atoms with E-state index in [4.69, 9.17) is 4.74 Å². The number of morpholine rings is 1. The number of nitrogens with one attached hydrogen (secondary N) is 1. The zero-order valence-electron chi connectivity index (χ0n) is 18.0. The van der Waals surface area contributed by atoms with Crippen molar-refractivity contribution in [3.8, 4) is 0 Å². The van der Waals surface area contributed by atoms with E-state index in [0.717, 1.165) is 6.07 Å². The highest BCUT2D eigenvalue weighted by molar-refractivity contribution is 5.98. The molecule has 0 aliphatic carbocycles. The molecular weight excluding hydrogens is 411 g/mol. The van der Waals surface area contributed by atoms with E-state index in [1.54, 1.807) is 11.8 Å². The molecule has 1 saturated heterocycles. The third-order valence-electron chi connectivity index (χ3n) is 5.63. The summed E-state index contributed by atoms with van der Waals surface area (Å²) < 4.78 is 46.5. The number of nitrogens with zero attached hydrogens (tertiary/aromatic N) is 2. The van der Waals surface area contributed by atoms with Gasteiger partial charge in [-0.15, -0.1) is 0 Å². The number of urea groups is 1. The lowest BCUT2D eigenvalue weighted by molar-refractivity contribution is -0.139. The number of allylic oxidation sites excluding steroid dienone is 1. The first-order valence-electron chi connectivity index (χ1n) is 10.4. The number of amides is 3. The molecule has 1 fully saturated rings. The standard InChI is InChI=1S/C22H28F3N3O3/c1-14(2)8-9-28-15(3)18(20(29)27-10-12-31-13-11-27)19(26-21(28)30)16-6-4-5-7-17(16)22(23,24)25/h4-7,14,19H,8-13H2,1-3H3,(H,26,30)/t19-/m0/s1. The molecule has 0 unspecified atom stereocenters. The van der Waals surface area contributed by atoms with Crippen LogP contribution in [0.3, 0.4) is 0 Å². The summed E-state index contributed by atoms with van der Waals surface area (Å²) in [6.45, 7) is 7.48. The van der Waals surface area contributed by atoms with Gasteiger partial charge >= 0.3 is 12.2 Å². The van der Waals surface area contributed by atoms with Crippen molar-refractivity contribution in [3.63, 3.8) is 0 Å². The molecule has 2 aliphatic heterocycles. The van der Waals surface area contributed by atoms with Crippen LogP contribution in [0.1, 0.15) is 44.4 Å². The maximum atomic E-state index is 13.7. The predicted molar refractivity (Wildman–Crippen MR) is 109 cm³/mol. The number of carbonyl (C=O) groups is 2. The average molecular weight is 439 g/mol. The lowest BCUT2D eigenvalue weighted by Crippen LogP contribution is -2.51. The fraction of sp³-hybridized carbons (Fsp3) is 0.545. The van der Waals surface area contributed by atoms with Crippen LogP contribution in [-0.4, -0.2) is 54.6 Å². The molecule has 2 aliphatic rings. The second-order valence-corrected chi connectivity index (χ2v) is 8.21. The molecule has 31 heavy (non-hydrogen) atoms. The van der Waals surface area contributed by atoms with Gasteiger partial charge in [-0.3, -0.25) is 9.69 Å². The normalized spacial score (nSPS) is 20.4. The summed E-state index contributed by atoms with van der Waals surface area (Å²) in [4.78, 5) is 29.3. The van der Waals surface area contributed by atoms with Crippen LogP contribution in [-0.2, 0) is 15.7 Å². The lowest BCUT2D eigenvalue weighted by atomic mass is 9.90. The van der Waals surface area contributed by atoms with Crippen molar-refractivity contribution in [2.75, 3.05) is 32.8 Å². The second-order valence-electron chi connectivity index (χ2n) is 8.21. The van der Waals surface area contributed by atoms with Crippen molar-refractivity contribution in [2.24, 2.45) is 5.92 Å². The minimum atomic E-state index is -4.61. The largest absolute Gasteiger partial charge is 0.416 e. The van der Waals surface area contributed by atoms with E-state index >= 15 is 0 Å². The molecule has 3 amide bonds. The van der Waals surface area contributed by atoms with Crippen LogP contribution in [0.2, 0.25) is 0 Å². The van der Waals surface area contributed by atoms with Gasteiger partial charge in [-0.2, -0.15) is 13.2 Å². The van der Waals surface area contributed by atoms with Crippen LogP contribution >= 0.6 is 0 Å². The molecule has 0 radical (unpaired) electrons. The Morgan fingerprint density at radius 3 is 2.48 bits per heavy atom. The molecule has 1 N–H and O–H groups in total. The summed E-state index contributed by atoms with van der Waals surface area (Å²) in [6.07, 6.45) is -3.91. The van der Waals surface area contributed by atoms with Gasteiger partial charge in [-0.25, -0.2) is 4.79 Å². The SMILES string of the molecule is CC1=C(C(=O)N2CCOCC2)[C@H](c2ccccc2C(F)(F)F)NC(=O)N1CCC(C)C. The highest BCUT2D eigenvalue weighted by Crippen LogP contribution is 2.39. The second kappa shape index (κ2) is 9.30. The van der Waals surface area contributed by atoms with E-state index < -0.39 is 23.8 Å². The molecule has 0 aromatic heterocycles. The Bertz CT molecular complexity index is 861. The Labute approximate surface area is 180 Å². The first-order chi connectivity index (χ1) is 14.6. The molecule has 1 atom stereocenters. The number of ether oxygens (including phenoxy) is 1. The van der Waals surface area contributed by atoms with Gasteiger partial charge < -0.3 is 15.0 Å². The first kappa shape index (κ1) is 23.1. The summed E-state index contributed by atoms with van der Waals surface area (Å²) in [5, 5.41) is 2.67. The smallest absolute Gasteiger partial charge is 0.378 e. The minimum Gasteiger partial charge on any atom is -0.378 e. The van der Waals surface area contributed by atoms with Crippen molar-refractivity contribution >= 4 is 11.9 Å². The maximum absolute atomic E-state index is 13.7. The van der Waals surface area contributed by atoms with Gasteiger partial charge in [-0.1, -0.05) is 32.0 Å². The highest BCUT2D eigenvalue weighted by Gasteiger charge is 2.42. The summed E-state index contributed by atoms with van der Waals surface area (Å²) in [5.41, 5.74) is -0.441. The van der Waals surface area contributed by atoms with Crippen LogP contribution < -0.4 is 5.32 Å². The van der Waals surface area contributed by atoms with Gasteiger partial charge in [0, 0.05) is 25.3 Å². The van der Waals surface area contributed by atoms with Crippen molar-refractivity contribution in [3.05, 3.63) is 46.7 Å². The van der Waals surface area contributed by atoms with Crippen LogP contribution in [0, 0.1) is 5.92 Å². The van der Waals surface area contributed by atoms with E-state index in [0.29, 0.717) is 50.9 Å². The molecule has 9 heteroatoms. The van der Waals surface area contributed by atoms with Gasteiger partial charge in [0.25, 0.3) is 5.91 Å². The molecular formula is C22H28F3N3O3. The van der Waals surface area contributed by atoms with Gasteiger partial charge in [0.1, 0.15) is 0 Å². The molecule has 0 bridgehead atoms. The molecule has 0 spiro atoms. The zero-order chi connectivity index (χ0) is 22.8. The molecule has 0 saturated carbocycles. The Balaban J connectivity index is 2.09. The highest BCUT2D eigenvalue weighted by atomic mass is 19.4. The van der Waals surface area contributed by atoms with E-state index in [1.165, 1.54) is 23.1 Å². The topological polar surface area (TPSA) is 61.9 Å². The lowest BCUT2D eigenvalue weighted by Gasteiger charge is -2.39. The Morgan fingerprint density at radius 2 is 1.87 bits per heavy atom. The van der Waals surface area contributed by atoms with Crippen LogP contribution in [0.5, 0.6) is 0 Å². The number of halogens is 3. The Kier molecular flexibility index (Phi) is 6.93. The van der Waals surface area contributed by atoms with Crippen LogP contribution in [0.4, 0.5) is 18.0 Å². The quantitative estimate of drug-likeness (QED) is 0.756. The molecule has 1 aromatic carbocycles. The monoisotopic (exact) mass is 439 g/mol. The van der Waals surface area contributed by atoms with Crippen LogP contribution in [0.15, 0.2) is 35.5 Å². The van der Waals surface area contributed by atoms with Crippen molar-refractivity contribution < 1.29 is 27.5 Å². The number of benzene rings is 1. The zero-order valence-corrected chi connectivity index (χ0v) is 18.0. The molecule has 2 heterocycles. The maximum Gasteiger partial charge on any atom is 0.416 e. The average Bonchev–Trinajstić information content (AvgIpc) is 2.72. The van der Waals surface area contributed by atoms with E-state index in [1.807, 2.05) is 13.8 Å². The van der Waals surface area contributed by atoms with Crippen molar-refractivity contribution in [2.45, 2.75) is 39.4 Å². The van der Waals surface area contributed by atoms with Crippen molar-refractivity contribution in [1.82, 2.24) is 15.1 Å². The van der Waals surface area contributed by atoms with E-state index in [9.17, 15) is 22.8 Å². The molecule has 1 aromatic rings. The third-order valence-corrected chi connectivity index (χ3v) is 5.63. The van der Waals surface area contributed by atoms with Gasteiger partial charge in [0.05, 0.1) is 30.4 Å². The molecule has 6 nitrogen and oxygen atoms in total. The summed E-state index contributed by atoms with van der Waals surface area (Å²) in [6, 6.07) is 3.38. The van der Waals surface area contributed by atoms with Crippen molar-refractivity contribution in [1.29, 1.82) is 0 Å². The number of hydrogen-bond acceptors (Lipinski definition) is 3. The Morgan fingerprint density at radius 1 is 1.23 bits per heavy atom. The van der Waals surface area contributed by atoms with Crippen LogP contribution in [0.25, 0.3) is 0 Å². The Hall–Kier alpha value is -2.55. The number of rotatable bonds is 5.